The first-order valence-corrected chi connectivity index (χ1v) is 8.26. The molecule has 0 aliphatic carbocycles. The maximum absolute atomic E-state index is 13.2. The molecule has 0 radical (unpaired) electrons. The van der Waals surface area contributed by atoms with E-state index in [1.54, 1.807) is 12.1 Å². The van der Waals surface area contributed by atoms with Gasteiger partial charge >= 0.3 is 0 Å². The second kappa shape index (κ2) is 5.74. The van der Waals surface area contributed by atoms with Gasteiger partial charge in [0.2, 0.25) is 0 Å². The van der Waals surface area contributed by atoms with E-state index in [4.69, 9.17) is 17.3 Å². The van der Waals surface area contributed by atoms with Crippen LogP contribution in [0, 0.1) is 9.39 Å². The Morgan fingerprint density at radius 3 is 2.50 bits per heavy atom. The maximum Gasteiger partial charge on any atom is 0.262 e. The van der Waals surface area contributed by atoms with Crippen molar-refractivity contribution < 1.29 is 12.8 Å². The van der Waals surface area contributed by atoms with Gasteiger partial charge in [0.25, 0.3) is 10.0 Å². The Labute approximate surface area is 134 Å². The van der Waals surface area contributed by atoms with Gasteiger partial charge in [0.1, 0.15) is 5.82 Å². The molecule has 106 valence electrons. The van der Waals surface area contributed by atoms with Crippen molar-refractivity contribution in [2.24, 2.45) is 0 Å². The standard InChI is InChI=1S/C12H9ClFIN2O2S/c13-11-5-8(15)1-2-12(11)17-20(18,19)10-4-7(14)3-9(16)6-10/h1-6,17H,16H2. The quantitative estimate of drug-likeness (QED) is 0.583. The molecule has 0 saturated heterocycles. The Hall–Kier alpha value is -1.06. The average molecular weight is 427 g/mol. The van der Waals surface area contributed by atoms with Gasteiger partial charge in [-0.2, -0.15) is 0 Å². The fourth-order valence-electron chi connectivity index (χ4n) is 1.52. The minimum absolute atomic E-state index is 0.0269. The van der Waals surface area contributed by atoms with E-state index in [1.807, 2.05) is 0 Å². The Morgan fingerprint density at radius 1 is 1.20 bits per heavy atom. The smallest absolute Gasteiger partial charge is 0.262 e. The lowest BCUT2D eigenvalue weighted by Gasteiger charge is -2.10. The highest BCUT2D eigenvalue weighted by Gasteiger charge is 2.17. The van der Waals surface area contributed by atoms with Crippen molar-refractivity contribution in [3.05, 3.63) is 50.8 Å². The summed E-state index contributed by atoms with van der Waals surface area (Å²) < 4.78 is 40.7. The third-order valence-corrected chi connectivity index (χ3v) is 4.71. The number of rotatable bonds is 3. The molecule has 20 heavy (non-hydrogen) atoms. The summed E-state index contributed by atoms with van der Waals surface area (Å²) in [5.41, 5.74) is 5.68. The van der Waals surface area contributed by atoms with Crippen LogP contribution < -0.4 is 10.5 Å². The summed E-state index contributed by atoms with van der Waals surface area (Å²) in [6, 6.07) is 7.94. The highest BCUT2D eigenvalue weighted by molar-refractivity contribution is 14.1. The van der Waals surface area contributed by atoms with Crippen LogP contribution in [0.1, 0.15) is 0 Å². The van der Waals surface area contributed by atoms with Crippen LogP contribution in [0.3, 0.4) is 0 Å². The van der Waals surface area contributed by atoms with Gasteiger partial charge in [-0.05, 0) is 59.0 Å². The molecule has 0 saturated carbocycles. The van der Waals surface area contributed by atoms with Gasteiger partial charge in [-0.25, -0.2) is 12.8 Å². The topological polar surface area (TPSA) is 72.2 Å². The minimum atomic E-state index is -3.95. The first-order chi connectivity index (χ1) is 9.28. The molecule has 0 aliphatic heterocycles. The molecule has 0 heterocycles. The predicted molar refractivity (Wildman–Crippen MR) is 85.8 cm³/mol. The Kier molecular flexibility index (Phi) is 4.40. The van der Waals surface area contributed by atoms with Crippen LogP contribution in [0.25, 0.3) is 0 Å². The minimum Gasteiger partial charge on any atom is -0.399 e. The number of hydrogen-bond donors (Lipinski definition) is 2. The van der Waals surface area contributed by atoms with E-state index in [0.717, 1.165) is 15.7 Å². The molecule has 0 amide bonds. The molecule has 0 fully saturated rings. The monoisotopic (exact) mass is 426 g/mol. The van der Waals surface area contributed by atoms with Gasteiger partial charge in [0.05, 0.1) is 15.6 Å². The summed E-state index contributed by atoms with van der Waals surface area (Å²) in [6.45, 7) is 0. The first kappa shape index (κ1) is 15.3. The number of halogens is 3. The summed E-state index contributed by atoms with van der Waals surface area (Å²) in [5.74, 6) is -0.723. The molecule has 0 unspecified atom stereocenters. The Morgan fingerprint density at radius 2 is 1.90 bits per heavy atom. The molecular weight excluding hydrogens is 418 g/mol. The zero-order valence-electron chi connectivity index (χ0n) is 9.90. The molecule has 3 N–H and O–H groups in total. The zero-order valence-corrected chi connectivity index (χ0v) is 13.6. The lowest BCUT2D eigenvalue weighted by molar-refractivity contribution is 0.595. The largest absolute Gasteiger partial charge is 0.399 e. The number of nitrogens with one attached hydrogen (secondary N) is 1. The summed E-state index contributed by atoms with van der Waals surface area (Å²) in [4.78, 5) is -0.260. The van der Waals surface area contributed by atoms with E-state index in [0.29, 0.717) is 0 Å². The molecule has 0 bridgehead atoms. The van der Waals surface area contributed by atoms with Crippen molar-refractivity contribution >= 4 is 55.6 Å². The molecule has 2 rings (SSSR count). The third kappa shape index (κ3) is 3.53. The zero-order chi connectivity index (χ0) is 14.9. The van der Waals surface area contributed by atoms with Crippen LogP contribution in [0.5, 0.6) is 0 Å². The van der Waals surface area contributed by atoms with Crippen LogP contribution in [0.15, 0.2) is 41.3 Å². The highest BCUT2D eigenvalue weighted by atomic mass is 127. The molecule has 2 aromatic rings. The van der Waals surface area contributed by atoms with Crippen LogP contribution in [0.2, 0.25) is 5.02 Å². The number of anilines is 2. The fraction of sp³-hybridized carbons (Fsp3) is 0. The number of nitrogen functional groups attached to an aromatic ring is 1. The van der Waals surface area contributed by atoms with Crippen LogP contribution >= 0.6 is 34.2 Å². The molecule has 0 atom stereocenters. The highest BCUT2D eigenvalue weighted by Crippen LogP contribution is 2.27. The van der Waals surface area contributed by atoms with Gasteiger partial charge in [-0.15, -0.1) is 0 Å². The van der Waals surface area contributed by atoms with Crippen molar-refractivity contribution in [1.29, 1.82) is 0 Å². The SMILES string of the molecule is Nc1cc(F)cc(S(=O)(=O)Nc2ccc(I)cc2Cl)c1. The molecule has 8 heteroatoms. The van der Waals surface area contributed by atoms with Crippen LogP contribution in [0.4, 0.5) is 15.8 Å². The number of benzene rings is 2. The molecule has 4 nitrogen and oxygen atoms in total. The normalized spacial score (nSPS) is 11.3. The van der Waals surface area contributed by atoms with Gasteiger partial charge in [-0.1, -0.05) is 11.6 Å². The Balaban J connectivity index is 2.40. The number of nitrogens with two attached hydrogens (primary N) is 1. The van der Waals surface area contributed by atoms with E-state index in [9.17, 15) is 12.8 Å². The molecule has 0 aliphatic rings. The average Bonchev–Trinajstić information content (AvgIpc) is 2.31. The lowest BCUT2D eigenvalue weighted by atomic mass is 10.3. The Bertz CT molecular complexity index is 748. The van der Waals surface area contributed by atoms with E-state index < -0.39 is 15.8 Å². The van der Waals surface area contributed by atoms with Gasteiger partial charge < -0.3 is 5.73 Å². The van der Waals surface area contributed by atoms with Crippen LogP contribution in [-0.2, 0) is 10.0 Å². The van der Waals surface area contributed by atoms with Crippen molar-refractivity contribution in [3.8, 4) is 0 Å². The molecule has 0 spiro atoms. The van der Waals surface area contributed by atoms with Gasteiger partial charge in [0.15, 0.2) is 0 Å². The fourth-order valence-corrected chi connectivity index (χ4v) is 3.62. The molecule has 2 aromatic carbocycles. The van der Waals surface area contributed by atoms with E-state index in [1.165, 1.54) is 12.1 Å². The second-order valence-corrected chi connectivity index (χ2v) is 7.29. The third-order valence-electron chi connectivity index (χ3n) is 2.38. The van der Waals surface area contributed by atoms with E-state index in [-0.39, 0.29) is 21.3 Å². The van der Waals surface area contributed by atoms with Crippen molar-refractivity contribution in [2.45, 2.75) is 4.90 Å². The lowest BCUT2D eigenvalue weighted by Crippen LogP contribution is -2.14. The van der Waals surface area contributed by atoms with Gasteiger partial charge in [0, 0.05) is 9.26 Å². The van der Waals surface area contributed by atoms with Gasteiger partial charge in [-0.3, -0.25) is 4.72 Å². The summed E-state index contributed by atoms with van der Waals surface area (Å²) in [5, 5.41) is 0.254. The molecule has 0 aromatic heterocycles. The van der Waals surface area contributed by atoms with Crippen molar-refractivity contribution in [3.63, 3.8) is 0 Å². The van der Waals surface area contributed by atoms with E-state index >= 15 is 0 Å². The molecular formula is C12H9ClFIN2O2S. The van der Waals surface area contributed by atoms with Crippen molar-refractivity contribution in [1.82, 2.24) is 0 Å². The van der Waals surface area contributed by atoms with Crippen LogP contribution in [-0.4, -0.2) is 8.42 Å². The number of sulfonamides is 1. The maximum atomic E-state index is 13.2. The summed E-state index contributed by atoms with van der Waals surface area (Å²) >= 11 is 8.01. The predicted octanol–water partition coefficient (Wildman–Crippen LogP) is 3.47. The summed E-state index contributed by atoms with van der Waals surface area (Å²) in [7, 11) is -3.95. The van der Waals surface area contributed by atoms with Crippen molar-refractivity contribution in [2.75, 3.05) is 10.5 Å². The van der Waals surface area contributed by atoms with E-state index in [2.05, 4.69) is 27.3 Å². The second-order valence-electron chi connectivity index (χ2n) is 3.95. The number of hydrogen-bond acceptors (Lipinski definition) is 3. The summed E-state index contributed by atoms with van der Waals surface area (Å²) in [6.07, 6.45) is 0. The first-order valence-electron chi connectivity index (χ1n) is 5.32.